The van der Waals surface area contributed by atoms with Crippen LogP contribution in [0.3, 0.4) is 0 Å². The number of halogens is 1. The van der Waals surface area contributed by atoms with Crippen molar-refractivity contribution in [2.75, 3.05) is 38.6 Å². The third-order valence-electron chi connectivity index (χ3n) is 2.64. The Morgan fingerprint density at radius 2 is 1.95 bits per heavy atom. The van der Waals surface area contributed by atoms with Crippen LogP contribution in [-0.2, 0) is 0 Å². The molecule has 2 N–H and O–H groups in total. The molecule has 0 atom stereocenters. The molecule has 1 aromatic carbocycles. The van der Waals surface area contributed by atoms with Crippen LogP contribution in [0, 0.1) is 0 Å². The maximum atomic E-state index is 11.9. The van der Waals surface area contributed by atoms with E-state index in [9.17, 15) is 4.79 Å². The van der Waals surface area contributed by atoms with Crippen LogP contribution in [0.5, 0.6) is 0 Å². The highest BCUT2D eigenvalue weighted by Crippen LogP contribution is 2.12. The summed E-state index contributed by atoms with van der Waals surface area (Å²) in [5, 5.41) is 6.15. The number of hydrogen-bond acceptors (Lipinski definition) is 3. The number of carbonyl (C=O) groups excluding carboxylic acids is 1. The van der Waals surface area contributed by atoms with Crippen LogP contribution in [-0.4, -0.2) is 39.6 Å². The Kier molecular flexibility index (Phi) is 9.00. The van der Waals surface area contributed by atoms with Gasteiger partial charge in [0.1, 0.15) is 0 Å². The van der Waals surface area contributed by atoms with Gasteiger partial charge in [0.15, 0.2) is 0 Å². The third-order valence-corrected chi connectivity index (χ3v) is 2.64. The molecule has 0 heterocycles. The van der Waals surface area contributed by atoms with Crippen molar-refractivity contribution in [2.45, 2.75) is 13.3 Å². The quantitative estimate of drug-likeness (QED) is 0.752. The van der Waals surface area contributed by atoms with Crippen LogP contribution in [0.1, 0.15) is 23.7 Å². The minimum absolute atomic E-state index is 0. The zero-order chi connectivity index (χ0) is 13.4. The molecule has 0 unspecified atom stereocenters. The van der Waals surface area contributed by atoms with Crippen molar-refractivity contribution in [2.24, 2.45) is 0 Å². The Balaban J connectivity index is 0.00000324. The first-order chi connectivity index (χ1) is 8.65. The lowest BCUT2D eigenvalue weighted by atomic mass is 10.2. The van der Waals surface area contributed by atoms with Gasteiger partial charge >= 0.3 is 0 Å². The topological polar surface area (TPSA) is 44.4 Å². The van der Waals surface area contributed by atoms with E-state index in [1.54, 1.807) is 0 Å². The molecule has 0 aliphatic carbocycles. The van der Waals surface area contributed by atoms with Gasteiger partial charge in [-0.2, -0.15) is 0 Å². The number of nitrogens with zero attached hydrogens (tertiary/aromatic N) is 1. The molecule has 4 nitrogen and oxygen atoms in total. The van der Waals surface area contributed by atoms with Gasteiger partial charge in [0.2, 0.25) is 0 Å². The molecule has 0 aromatic heterocycles. The van der Waals surface area contributed by atoms with E-state index in [4.69, 9.17) is 0 Å². The average Bonchev–Trinajstić information content (AvgIpc) is 2.38. The Bertz CT molecular complexity index is 383. The molecule has 0 spiro atoms. The first kappa shape index (κ1) is 17.7. The Labute approximate surface area is 122 Å². The molecule has 1 amide bonds. The van der Waals surface area contributed by atoms with Gasteiger partial charge in [-0.1, -0.05) is 13.0 Å². The highest BCUT2D eigenvalue weighted by molar-refractivity contribution is 5.95. The fourth-order valence-corrected chi connectivity index (χ4v) is 1.59. The summed E-state index contributed by atoms with van der Waals surface area (Å²) in [6.45, 7) is 4.59. The van der Waals surface area contributed by atoms with Gasteiger partial charge in [-0.15, -0.1) is 12.4 Å². The number of anilines is 1. The van der Waals surface area contributed by atoms with E-state index >= 15 is 0 Å². The fourth-order valence-electron chi connectivity index (χ4n) is 1.59. The second-order valence-electron chi connectivity index (χ2n) is 4.45. The second kappa shape index (κ2) is 9.64. The van der Waals surface area contributed by atoms with Gasteiger partial charge in [-0.3, -0.25) is 4.79 Å². The second-order valence-corrected chi connectivity index (χ2v) is 4.45. The van der Waals surface area contributed by atoms with Gasteiger partial charge in [0, 0.05) is 38.4 Å². The SMILES string of the molecule is CCCNCCNC(=O)c1cccc(N(C)C)c1.Cl. The predicted molar refractivity (Wildman–Crippen MR) is 83.5 cm³/mol. The van der Waals surface area contributed by atoms with Crippen molar-refractivity contribution >= 4 is 24.0 Å². The first-order valence-electron chi connectivity index (χ1n) is 6.41. The molecule has 5 heteroatoms. The lowest BCUT2D eigenvalue weighted by Crippen LogP contribution is -2.32. The molecule has 1 rings (SSSR count). The van der Waals surface area contributed by atoms with E-state index in [0.29, 0.717) is 12.1 Å². The first-order valence-corrected chi connectivity index (χ1v) is 6.41. The fraction of sp³-hybridized carbons (Fsp3) is 0.500. The monoisotopic (exact) mass is 285 g/mol. The predicted octanol–water partition coefficient (Wildman–Crippen LogP) is 1.90. The van der Waals surface area contributed by atoms with Crippen molar-refractivity contribution < 1.29 is 4.79 Å². The van der Waals surface area contributed by atoms with E-state index in [-0.39, 0.29) is 18.3 Å². The molecule has 0 saturated heterocycles. The Morgan fingerprint density at radius 1 is 1.21 bits per heavy atom. The average molecular weight is 286 g/mol. The maximum Gasteiger partial charge on any atom is 0.251 e. The number of amides is 1. The molecule has 0 aliphatic rings. The Hall–Kier alpha value is -1.26. The number of benzene rings is 1. The van der Waals surface area contributed by atoms with Gasteiger partial charge < -0.3 is 15.5 Å². The lowest BCUT2D eigenvalue weighted by molar-refractivity contribution is 0.0954. The van der Waals surface area contributed by atoms with E-state index in [1.807, 2.05) is 43.3 Å². The van der Waals surface area contributed by atoms with Gasteiger partial charge in [-0.05, 0) is 31.2 Å². The zero-order valence-corrected chi connectivity index (χ0v) is 12.7. The minimum atomic E-state index is -0.0167. The molecule has 0 radical (unpaired) electrons. The summed E-state index contributed by atoms with van der Waals surface area (Å²) in [5.41, 5.74) is 1.74. The van der Waals surface area contributed by atoms with Crippen LogP contribution < -0.4 is 15.5 Å². The molecule has 0 saturated carbocycles. The molecule has 0 fully saturated rings. The van der Waals surface area contributed by atoms with Crippen LogP contribution in [0.2, 0.25) is 0 Å². The van der Waals surface area contributed by atoms with E-state index in [0.717, 1.165) is 25.2 Å². The van der Waals surface area contributed by atoms with Crippen molar-refractivity contribution in [1.82, 2.24) is 10.6 Å². The molecule has 0 bridgehead atoms. The summed E-state index contributed by atoms with van der Waals surface area (Å²) < 4.78 is 0. The van der Waals surface area contributed by atoms with Crippen molar-refractivity contribution in [3.05, 3.63) is 29.8 Å². The molecule has 1 aromatic rings. The van der Waals surface area contributed by atoms with Crippen LogP contribution in [0.25, 0.3) is 0 Å². The van der Waals surface area contributed by atoms with Gasteiger partial charge in [-0.25, -0.2) is 0 Å². The minimum Gasteiger partial charge on any atom is -0.378 e. The highest BCUT2D eigenvalue weighted by Gasteiger charge is 2.05. The molecule has 19 heavy (non-hydrogen) atoms. The number of nitrogens with one attached hydrogen (secondary N) is 2. The summed E-state index contributed by atoms with van der Waals surface area (Å²) in [7, 11) is 3.93. The van der Waals surface area contributed by atoms with Crippen LogP contribution in [0.15, 0.2) is 24.3 Å². The number of rotatable bonds is 7. The van der Waals surface area contributed by atoms with E-state index < -0.39 is 0 Å². The van der Waals surface area contributed by atoms with E-state index in [1.165, 1.54) is 0 Å². The standard InChI is InChI=1S/C14H23N3O.ClH/c1-4-8-15-9-10-16-14(18)12-6-5-7-13(11-12)17(2)3;/h5-7,11,15H,4,8-10H2,1-3H3,(H,16,18);1H. The summed E-state index contributed by atoms with van der Waals surface area (Å²) >= 11 is 0. The van der Waals surface area contributed by atoms with Crippen LogP contribution >= 0.6 is 12.4 Å². The van der Waals surface area contributed by atoms with Crippen molar-refractivity contribution in [1.29, 1.82) is 0 Å². The smallest absolute Gasteiger partial charge is 0.251 e. The van der Waals surface area contributed by atoms with Crippen molar-refractivity contribution in [3.63, 3.8) is 0 Å². The third kappa shape index (κ3) is 6.45. The normalized spacial score (nSPS) is 9.63. The highest BCUT2D eigenvalue weighted by atomic mass is 35.5. The zero-order valence-electron chi connectivity index (χ0n) is 11.9. The summed E-state index contributed by atoms with van der Waals surface area (Å²) in [6, 6.07) is 7.62. The lowest BCUT2D eigenvalue weighted by Gasteiger charge is -2.13. The molecular formula is C14H24ClN3O. The van der Waals surface area contributed by atoms with Gasteiger partial charge in [0.05, 0.1) is 0 Å². The van der Waals surface area contributed by atoms with Crippen LogP contribution in [0.4, 0.5) is 5.69 Å². The summed E-state index contributed by atoms with van der Waals surface area (Å²) in [6.07, 6.45) is 1.11. The molecular weight excluding hydrogens is 262 g/mol. The van der Waals surface area contributed by atoms with Gasteiger partial charge in [0.25, 0.3) is 5.91 Å². The van der Waals surface area contributed by atoms with E-state index in [2.05, 4.69) is 17.6 Å². The molecule has 0 aliphatic heterocycles. The number of carbonyl (C=O) groups is 1. The van der Waals surface area contributed by atoms with Crippen molar-refractivity contribution in [3.8, 4) is 0 Å². The summed E-state index contributed by atoms with van der Waals surface area (Å²) in [5.74, 6) is -0.0167. The summed E-state index contributed by atoms with van der Waals surface area (Å²) in [4.78, 5) is 13.9. The Morgan fingerprint density at radius 3 is 2.58 bits per heavy atom. The number of hydrogen-bond donors (Lipinski definition) is 2. The largest absolute Gasteiger partial charge is 0.378 e. The molecule has 108 valence electrons. The maximum absolute atomic E-state index is 11.9.